The lowest BCUT2D eigenvalue weighted by atomic mass is 10.1. The maximum absolute atomic E-state index is 13.1. The first-order chi connectivity index (χ1) is 15.2. The first-order valence-corrected chi connectivity index (χ1v) is 10.8. The lowest BCUT2D eigenvalue weighted by Gasteiger charge is -2.36. The van der Waals surface area contributed by atoms with Crippen LogP contribution in [-0.2, 0) is 4.79 Å². The first kappa shape index (κ1) is 21.1. The number of ether oxygens (including phenoxy) is 1. The summed E-state index contributed by atoms with van der Waals surface area (Å²) in [7, 11) is 0. The summed E-state index contributed by atoms with van der Waals surface area (Å²) in [5, 5.41) is 5.18. The van der Waals surface area contributed by atoms with Crippen LogP contribution in [0.25, 0.3) is 10.8 Å². The van der Waals surface area contributed by atoms with E-state index in [2.05, 4.69) is 21.2 Å². The Hall–Kier alpha value is -3.12. The number of hydrogen-bond donors (Lipinski definition) is 1. The number of fused-ring (bicyclic) bond motifs is 1. The zero-order chi connectivity index (χ0) is 21.5. The van der Waals surface area contributed by atoms with Crippen LogP contribution >= 0.6 is 0 Å². The maximum Gasteiger partial charge on any atom is 0.257 e. The van der Waals surface area contributed by atoms with Crippen LogP contribution < -0.4 is 15.0 Å². The van der Waals surface area contributed by atoms with E-state index in [1.54, 1.807) is 0 Å². The third kappa shape index (κ3) is 5.95. The lowest BCUT2D eigenvalue weighted by Crippen LogP contribution is -2.47. The average molecular weight is 422 g/mol. The van der Waals surface area contributed by atoms with Gasteiger partial charge in [0.15, 0.2) is 6.61 Å². The molecule has 31 heavy (non-hydrogen) atoms. The van der Waals surface area contributed by atoms with Crippen LogP contribution in [0, 0.1) is 5.82 Å². The minimum absolute atomic E-state index is 0.0225. The van der Waals surface area contributed by atoms with E-state index in [1.807, 2.05) is 48.5 Å². The molecule has 1 amide bonds. The number of rotatable bonds is 8. The van der Waals surface area contributed by atoms with Crippen molar-refractivity contribution in [2.75, 3.05) is 50.8 Å². The smallest absolute Gasteiger partial charge is 0.257 e. The molecule has 0 atom stereocenters. The van der Waals surface area contributed by atoms with E-state index in [4.69, 9.17) is 4.74 Å². The van der Waals surface area contributed by atoms with Crippen molar-refractivity contribution in [2.24, 2.45) is 0 Å². The number of halogens is 1. The number of benzene rings is 3. The van der Waals surface area contributed by atoms with Gasteiger partial charge in [-0.25, -0.2) is 4.39 Å². The van der Waals surface area contributed by atoms with E-state index in [-0.39, 0.29) is 18.3 Å². The van der Waals surface area contributed by atoms with Gasteiger partial charge in [0.05, 0.1) is 0 Å². The fourth-order valence-electron chi connectivity index (χ4n) is 3.87. The second-order valence-corrected chi connectivity index (χ2v) is 7.81. The monoisotopic (exact) mass is 421 g/mol. The Balaban J connectivity index is 1.11. The van der Waals surface area contributed by atoms with Crippen LogP contribution in [0.1, 0.15) is 6.42 Å². The Morgan fingerprint density at radius 2 is 1.68 bits per heavy atom. The summed E-state index contributed by atoms with van der Waals surface area (Å²) < 4.78 is 18.7. The molecule has 0 aromatic heterocycles. The number of hydrogen-bond acceptors (Lipinski definition) is 4. The van der Waals surface area contributed by atoms with Crippen LogP contribution in [0.15, 0.2) is 66.7 Å². The summed E-state index contributed by atoms with van der Waals surface area (Å²) in [4.78, 5) is 16.8. The van der Waals surface area contributed by atoms with Gasteiger partial charge in [-0.2, -0.15) is 0 Å². The van der Waals surface area contributed by atoms with E-state index in [0.717, 1.165) is 55.6 Å². The molecule has 1 aliphatic rings. The second-order valence-electron chi connectivity index (χ2n) is 7.81. The van der Waals surface area contributed by atoms with Gasteiger partial charge in [-0.15, -0.1) is 0 Å². The topological polar surface area (TPSA) is 44.8 Å². The van der Waals surface area contributed by atoms with E-state index < -0.39 is 0 Å². The van der Waals surface area contributed by atoms with Gasteiger partial charge in [0.1, 0.15) is 11.6 Å². The molecule has 0 spiro atoms. The lowest BCUT2D eigenvalue weighted by molar-refractivity contribution is -0.123. The molecule has 0 aliphatic carbocycles. The quantitative estimate of drug-likeness (QED) is 0.564. The molecular weight excluding hydrogens is 393 g/mol. The molecule has 162 valence electrons. The highest BCUT2D eigenvalue weighted by atomic mass is 19.1. The number of nitrogens with one attached hydrogen (secondary N) is 1. The molecule has 1 aliphatic heterocycles. The number of amides is 1. The highest BCUT2D eigenvalue weighted by Crippen LogP contribution is 2.20. The Labute approximate surface area is 182 Å². The molecule has 3 aromatic carbocycles. The molecule has 0 bridgehead atoms. The molecule has 1 saturated heterocycles. The van der Waals surface area contributed by atoms with E-state index in [0.29, 0.717) is 12.3 Å². The van der Waals surface area contributed by atoms with Gasteiger partial charge < -0.3 is 15.0 Å². The number of nitrogens with zero attached hydrogens (tertiary/aromatic N) is 2. The molecule has 1 heterocycles. The van der Waals surface area contributed by atoms with Crippen molar-refractivity contribution < 1.29 is 13.9 Å². The number of carbonyl (C=O) groups excluding carboxylic acids is 1. The molecule has 1 fully saturated rings. The van der Waals surface area contributed by atoms with Crippen molar-refractivity contribution in [3.63, 3.8) is 0 Å². The Kier molecular flexibility index (Phi) is 6.99. The maximum atomic E-state index is 13.1. The number of carbonyl (C=O) groups is 1. The summed E-state index contributed by atoms with van der Waals surface area (Å²) in [5.41, 5.74) is 1.07. The van der Waals surface area contributed by atoms with Gasteiger partial charge in [0, 0.05) is 38.4 Å². The van der Waals surface area contributed by atoms with Crippen molar-refractivity contribution >= 4 is 22.4 Å². The van der Waals surface area contributed by atoms with Crippen LogP contribution in [-0.4, -0.2) is 56.7 Å². The normalized spacial score (nSPS) is 14.5. The Morgan fingerprint density at radius 3 is 2.45 bits per heavy atom. The molecule has 6 heteroatoms. The summed E-state index contributed by atoms with van der Waals surface area (Å²) in [6.07, 6.45) is 0.901. The largest absolute Gasteiger partial charge is 0.484 e. The summed E-state index contributed by atoms with van der Waals surface area (Å²) in [6, 6.07) is 20.6. The number of piperazine rings is 1. The second kappa shape index (κ2) is 10.3. The summed E-state index contributed by atoms with van der Waals surface area (Å²) >= 11 is 0. The molecule has 0 saturated carbocycles. The van der Waals surface area contributed by atoms with Crippen molar-refractivity contribution in [2.45, 2.75) is 6.42 Å². The van der Waals surface area contributed by atoms with Gasteiger partial charge in [-0.3, -0.25) is 9.69 Å². The standard InChI is InChI=1S/C25H28FN3O2/c26-22-7-9-23(10-8-22)29-16-14-28(15-17-29)13-3-12-27-25(30)19-31-24-11-6-20-4-1-2-5-21(20)18-24/h1-2,4-11,18H,3,12-17,19H2,(H,27,30). The van der Waals surface area contributed by atoms with E-state index in [1.165, 1.54) is 12.1 Å². The fraction of sp³-hybridized carbons (Fsp3) is 0.320. The van der Waals surface area contributed by atoms with Crippen molar-refractivity contribution in [3.05, 3.63) is 72.5 Å². The zero-order valence-electron chi connectivity index (χ0n) is 17.6. The van der Waals surface area contributed by atoms with Gasteiger partial charge in [0.25, 0.3) is 5.91 Å². The molecule has 5 nitrogen and oxygen atoms in total. The summed E-state index contributed by atoms with van der Waals surface area (Å²) in [5.74, 6) is 0.397. The SMILES string of the molecule is O=C(COc1ccc2ccccc2c1)NCCCN1CCN(c2ccc(F)cc2)CC1. The van der Waals surface area contributed by atoms with Crippen molar-refractivity contribution in [1.82, 2.24) is 10.2 Å². The van der Waals surface area contributed by atoms with Gasteiger partial charge >= 0.3 is 0 Å². The minimum atomic E-state index is -0.202. The van der Waals surface area contributed by atoms with Gasteiger partial charge in [-0.1, -0.05) is 30.3 Å². The van der Waals surface area contributed by atoms with E-state index in [9.17, 15) is 9.18 Å². The zero-order valence-corrected chi connectivity index (χ0v) is 17.6. The average Bonchev–Trinajstić information content (AvgIpc) is 2.81. The predicted octanol–water partition coefficient (Wildman–Crippen LogP) is 3.69. The van der Waals surface area contributed by atoms with Crippen LogP contribution in [0.5, 0.6) is 5.75 Å². The van der Waals surface area contributed by atoms with Crippen LogP contribution in [0.2, 0.25) is 0 Å². The highest BCUT2D eigenvalue weighted by molar-refractivity contribution is 5.84. The molecule has 1 N–H and O–H groups in total. The summed E-state index contributed by atoms with van der Waals surface area (Å²) in [6.45, 7) is 5.40. The van der Waals surface area contributed by atoms with Crippen LogP contribution in [0.4, 0.5) is 10.1 Å². The molecule has 3 aromatic rings. The van der Waals surface area contributed by atoms with Crippen LogP contribution in [0.3, 0.4) is 0 Å². The Bertz CT molecular complexity index is 1000. The minimum Gasteiger partial charge on any atom is -0.484 e. The number of anilines is 1. The molecule has 0 unspecified atom stereocenters. The first-order valence-electron chi connectivity index (χ1n) is 10.8. The third-order valence-corrected chi connectivity index (χ3v) is 5.63. The third-order valence-electron chi connectivity index (χ3n) is 5.63. The van der Waals surface area contributed by atoms with Crippen molar-refractivity contribution in [1.29, 1.82) is 0 Å². The van der Waals surface area contributed by atoms with Crippen molar-refractivity contribution in [3.8, 4) is 5.75 Å². The Morgan fingerprint density at radius 1 is 0.935 bits per heavy atom. The highest BCUT2D eigenvalue weighted by Gasteiger charge is 2.16. The molecular formula is C25H28FN3O2. The molecule has 0 radical (unpaired) electrons. The molecule has 4 rings (SSSR count). The van der Waals surface area contributed by atoms with E-state index >= 15 is 0 Å². The predicted molar refractivity (Wildman–Crippen MR) is 122 cm³/mol. The van der Waals surface area contributed by atoms with Gasteiger partial charge in [-0.05, 0) is 60.1 Å². The van der Waals surface area contributed by atoms with Gasteiger partial charge in [0.2, 0.25) is 0 Å². The fourth-order valence-corrected chi connectivity index (χ4v) is 3.87.